The van der Waals surface area contributed by atoms with E-state index in [1.54, 1.807) is 13.2 Å². The Kier molecular flexibility index (Phi) is 4.80. The van der Waals surface area contributed by atoms with Crippen LogP contribution in [0.4, 0.5) is 11.5 Å². The van der Waals surface area contributed by atoms with E-state index < -0.39 is 0 Å². The Labute approximate surface area is 130 Å². The maximum atomic E-state index is 6.11. The molecule has 0 aliphatic carbocycles. The predicted molar refractivity (Wildman–Crippen MR) is 86.2 cm³/mol. The summed E-state index contributed by atoms with van der Waals surface area (Å²) in [5, 5.41) is 3.73. The van der Waals surface area contributed by atoms with Crippen LogP contribution in [0.2, 0.25) is 5.15 Å². The van der Waals surface area contributed by atoms with Gasteiger partial charge >= 0.3 is 0 Å². The van der Waals surface area contributed by atoms with Gasteiger partial charge in [-0.05, 0) is 6.07 Å². The summed E-state index contributed by atoms with van der Waals surface area (Å²) in [6, 6.07) is 9.67. The lowest BCUT2D eigenvalue weighted by atomic mass is 9.96. The predicted octanol–water partition coefficient (Wildman–Crippen LogP) is 4.32. The molecule has 1 N–H and O–H groups in total. The summed E-state index contributed by atoms with van der Waals surface area (Å²) < 4.78 is 5.21. The normalized spacial score (nSPS) is 11.5. The van der Waals surface area contributed by atoms with Crippen LogP contribution in [-0.4, -0.2) is 17.1 Å². The molecular formula is C16H20ClN3O. The highest BCUT2D eigenvalue weighted by atomic mass is 35.5. The van der Waals surface area contributed by atoms with Gasteiger partial charge in [-0.3, -0.25) is 0 Å². The Morgan fingerprint density at radius 1 is 1.19 bits per heavy atom. The van der Waals surface area contributed by atoms with Crippen molar-refractivity contribution in [2.24, 2.45) is 0 Å². The second-order valence-corrected chi connectivity index (χ2v) is 6.25. The van der Waals surface area contributed by atoms with Gasteiger partial charge in [-0.2, -0.15) is 0 Å². The number of anilines is 2. The molecule has 0 spiro atoms. The van der Waals surface area contributed by atoms with Crippen LogP contribution in [0.3, 0.4) is 0 Å². The third-order valence-electron chi connectivity index (χ3n) is 2.95. The second-order valence-electron chi connectivity index (χ2n) is 5.86. The molecule has 21 heavy (non-hydrogen) atoms. The van der Waals surface area contributed by atoms with Gasteiger partial charge in [0.2, 0.25) is 0 Å². The number of hydrogen-bond acceptors (Lipinski definition) is 4. The van der Waals surface area contributed by atoms with Gasteiger partial charge < -0.3 is 10.1 Å². The maximum Gasteiger partial charge on any atom is 0.137 e. The Balaban J connectivity index is 2.34. The molecule has 4 nitrogen and oxygen atoms in total. The number of para-hydroxylation sites is 1. The minimum absolute atomic E-state index is 0.159. The Morgan fingerprint density at radius 3 is 2.57 bits per heavy atom. The van der Waals surface area contributed by atoms with Crippen molar-refractivity contribution in [1.82, 2.24) is 9.97 Å². The molecule has 0 bridgehead atoms. The quantitative estimate of drug-likeness (QED) is 0.855. The van der Waals surface area contributed by atoms with Crippen LogP contribution >= 0.6 is 11.6 Å². The summed E-state index contributed by atoms with van der Waals surface area (Å²) in [4.78, 5) is 8.85. The van der Waals surface area contributed by atoms with Crippen molar-refractivity contribution in [2.75, 3.05) is 12.4 Å². The van der Waals surface area contributed by atoms with E-state index in [0.717, 1.165) is 11.3 Å². The number of nitrogens with one attached hydrogen (secondary N) is 1. The number of aromatic nitrogens is 2. The van der Waals surface area contributed by atoms with Crippen molar-refractivity contribution >= 4 is 23.1 Å². The summed E-state index contributed by atoms with van der Waals surface area (Å²) >= 11 is 6.11. The fraction of sp³-hybridized carbons (Fsp3) is 0.375. The SMILES string of the molecule is COCc1ccccc1Nc1cc(Cl)nc(C(C)(C)C)n1. The molecule has 0 saturated carbocycles. The molecule has 1 aromatic heterocycles. The van der Waals surface area contributed by atoms with Gasteiger partial charge in [0.15, 0.2) is 0 Å². The van der Waals surface area contributed by atoms with Crippen LogP contribution in [-0.2, 0) is 16.8 Å². The zero-order valence-electron chi connectivity index (χ0n) is 12.8. The average Bonchev–Trinajstić information content (AvgIpc) is 2.40. The van der Waals surface area contributed by atoms with E-state index in [2.05, 4.69) is 36.1 Å². The number of halogens is 1. The van der Waals surface area contributed by atoms with Crippen LogP contribution in [0.25, 0.3) is 0 Å². The van der Waals surface area contributed by atoms with Crippen LogP contribution in [0.5, 0.6) is 0 Å². The molecule has 2 aromatic rings. The third kappa shape index (κ3) is 4.16. The number of methoxy groups -OCH3 is 1. The fourth-order valence-electron chi connectivity index (χ4n) is 1.88. The standard InChI is InChI=1S/C16H20ClN3O/c1-16(2,3)15-19-13(17)9-14(20-15)18-12-8-6-5-7-11(12)10-21-4/h5-9H,10H2,1-4H3,(H,18,19,20). The lowest BCUT2D eigenvalue weighted by molar-refractivity contribution is 0.185. The second kappa shape index (κ2) is 6.41. The number of nitrogens with zero attached hydrogens (tertiary/aromatic N) is 2. The molecular weight excluding hydrogens is 286 g/mol. The molecule has 0 amide bonds. The molecule has 1 heterocycles. The smallest absolute Gasteiger partial charge is 0.137 e. The largest absolute Gasteiger partial charge is 0.380 e. The highest BCUT2D eigenvalue weighted by Gasteiger charge is 2.19. The molecule has 0 fully saturated rings. The average molecular weight is 306 g/mol. The molecule has 0 saturated heterocycles. The Bertz CT molecular complexity index is 623. The fourth-order valence-corrected chi connectivity index (χ4v) is 2.06. The lowest BCUT2D eigenvalue weighted by Gasteiger charge is -2.18. The van der Waals surface area contributed by atoms with E-state index in [0.29, 0.717) is 23.4 Å². The highest BCUT2D eigenvalue weighted by Crippen LogP contribution is 2.25. The Hall–Kier alpha value is -1.65. The summed E-state index contributed by atoms with van der Waals surface area (Å²) in [6.45, 7) is 6.71. The zero-order chi connectivity index (χ0) is 15.5. The zero-order valence-corrected chi connectivity index (χ0v) is 13.5. The van der Waals surface area contributed by atoms with E-state index in [1.807, 2.05) is 24.3 Å². The van der Waals surface area contributed by atoms with E-state index in [-0.39, 0.29) is 5.41 Å². The van der Waals surface area contributed by atoms with Gasteiger partial charge in [0, 0.05) is 29.8 Å². The van der Waals surface area contributed by atoms with Crippen molar-refractivity contribution in [3.05, 3.63) is 46.9 Å². The van der Waals surface area contributed by atoms with Crippen molar-refractivity contribution in [3.63, 3.8) is 0 Å². The van der Waals surface area contributed by atoms with Crippen LogP contribution < -0.4 is 5.32 Å². The van der Waals surface area contributed by atoms with Gasteiger partial charge in [-0.25, -0.2) is 9.97 Å². The van der Waals surface area contributed by atoms with E-state index in [1.165, 1.54) is 0 Å². The number of benzene rings is 1. The van der Waals surface area contributed by atoms with Crippen molar-refractivity contribution in [3.8, 4) is 0 Å². The van der Waals surface area contributed by atoms with Crippen LogP contribution in [0.1, 0.15) is 32.2 Å². The monoisotopic (exact) mass is 305 g/mol. The van der Waals surface area contributed by atoms with Crippen LogP contribution in [0, 0.1) is 0 Å². The van der Waals surface area contributed by atoms with Gasteiger partial charge in [-0.15, -0.1) is 0 Å². The van der Waals surface area contributed by atoms with E-state index >= 15 is 0 Å². The molecule has 2 rings (SSSR count). The molecule has 0 radical (unpaired) electrons. The first-order valence-electron chi connectivity index (χ1n) is 6.79. The molecule has 0 unspecified atom stereocenters. The first-order valence-corrected chi connectivity index (χ1v) is 7.17. The lowest BCUT2D eigenvalue weighted by Crippen LogP contribution is -2.17. The third-order valence-corrected chi connectivity index (χ3v) is 3.14. The molecule has 0 aliphatic rings. The molecule has 0 atom stereocenters. The summed E-state index contributed by atoms with van der Waals surface area (Å²) in [7, 11) is 1.68. The van der Waals surface area contributed by atoms with Crippen molar-refractivity contribution in [2.45, 2.75) is 32.8 Å². The summed E-state index contributed by atoms with van der Waals surface area (Å²) in [5.74, 6) is 1.39. The first-order chi connectivity index (χ1) is 9.90. The first kappa shape index (κ1) is 15.7. The molecule has 0 aliphatic heterocycles. The molecule has 112 valence electrons. The van der Waals surface area contributed by atoms with Gasteiger partial charge in [0.1, 0.15) is 16.8 Å². The Morgan fingerprint density at radius 2 is 1.90 bits per heavy atom. The highest BCUT2D eigenvalue weighted by molar-refractivity contribution is 6.29. The van der Waals surface area contributed by atoms with Gasteiger partial charge in [0.25, 0.3) is 0 Å². The minimum atomic E-state index is -0.159. The maximum absolute atomic E-state index is 6.11. The van der Waals surface area contributed by atoms with Crippen molar-refractivity contribution < 1.29 is 4.74 Å². The van der Waals surface area contributed by atoms with Crippen LogP contribution in [0.15, 0.2) is 30.3 Å². The molecule has 1 aromatic carbocycles. The minimum Gasteiger partial charge on any atom is -0.380 e. The van der Waals surface area contributed by atoms with Gasteiger partial charge in [0.05, 0.1) is 6.61 Å². The number of rotatable bonds is 4. The number of ether oxygens (including phenoxy) is 1. The van der Waals surface area contributed by atoms with Crippen molar-refractivity contribution in [1.29, 1.82) is 0 Å². The van der Waals surface area contributed by atoms with E-state index in [9.17, 15) is 0 Å². The topological polar surface area (TPSA) is 47.0 Å². The summed E-state index contributed by atoms with van der Waals surface area (Å²) in [5.41, 5.74) is 1.86. The summed E-state index contributed by atoms with van der Waals surface area (Å²) in [6.07, 6.45) is 0. The molecule has 5 heteroatoms. The van der Waals surface area contributed by atoms with E-state index in [4.69, 9.17) is 16.3 Å². The number of hydrogen-bond donors (Lipinski definition) is 1. The van der Waals surface area contributed by atoms with Gasteiger partial charge in [-0.1, -0.05) is 50.6 Å².